The Morgan fingerprint density at radius 2 is 1.81 bits per heavy atom. The van der Waals surface area contributed by atoms with Crippen LogP contribution < -0.4 is 0 Å². The zero-order chi connectivity index (χ0) is 19.4. The van der Waals surface area contributed by atoms with E-state index in [2.05, 4.69) is 0 Å². The van der Waals surface area contributed by atoms with E-state index >= 15 is 0 Å². The minimum atomic E-state index is -3.44. The SMILES string of the molecule is O=C(C=Cc1ccccc1F)N1CCC(c2ccccc2Cl)S(=O)(=O)CC1. The van der Waals surface area contributed by atoms with Gasteiger partial charge in [0.1, 0.15) is 5.82 Å². The van der Waals surface area contributed by atoms with E-state index in [9.17, 15) is 17.6 Å². The van der Waals surface area contributed by atoms with Crippen molar-refractivity contribution < 1.29 is 17.6 Å². The fourth-order valence-corrected chi connectivity index (χ4v) is 5.27. The number of hydrogen-bond acceptors (Lipinski definition) is 3. The number of hydrogen-bond donors (Lipinski definition) is 0. The summed E-state index contributed by atoms with van der Waals surface area (Å²) in [6, 6.07) is 13.0. The van der Waals surface area contributed by atoms with Crippen molar-refractivity contribution in [2.45, 2.75) is 11.7 Å². The fourth-order valence-electron chi connectivity index (χ4n) is 3.13. The molecule has 2 aromatic rings. The molecule has 1 aliphatic rings. The van der Waals surface area contributed by atoms with E-state index < -0.39 is 20.9 Å². The zero-order valence-electron chi connectivity index (χ0n) is 14.5. The maximum atomic E-state index is 13.7. The van der Waals surface area contributed by atoms with Crippen LogP contribution in [0, 0.1) is 5.82 Å². The van der Waals surface area contributed by atoms with E-state index in [1.165, 1.54) is 23.1 Å². The first-order valence-electron chi connectivity index (χ1n) is 8.56. The molecule has 1 unspecified atom stereocenters. The largest absolute Gasteiger partial charge is 0.338 e. The van der Waals surface area contributed by atoms with Crippen molar-refractivity contribution in [1.29, 1.82) is 0 Å². The predicted molar refractivity (Wildman–Crippen MR) is 105 cm³/mol. The lowest BCUT2D eigenvalue weighted by Crippen LogP contribution is -2.32. The van der Waals surface area contributed by atoms with Gasteiger partial charge in [-0.3, -0.25) is 4.79 Å². The van der Waals surface area contributed by atoms with E-state index in [1.54, 1.807) is 42.5 Å². The lowest BCUT2D eigenvalue weighted by molar-refractivity contribution is -0.125. The van der Waals surface area contributed by atoms with Gasteiger partial charge in [0.05, 0.1) is 11.0 Å². The molecule has 0 saturated carbocycles. The summed E-state index contributed by atoms with van der Waals surface area (Å²) in [5, 5.41) is -0.329. The van der Waals surface area contributed by atoms with Gasteiger partial charge in [-0.15, -0.1) is 0 Å². The number of carbonyl (C=O) groups excluding carboxylic acids is 1. The summed E-state index contributed by atoms with van der Waals surface area (Å²) in [5.74, 6) is -0.894. The summed E-state index contributed by atoms with van der Waals surface area (Å²) in [6.07, 6.45) is 2.95. The van der Waals surface area contributed by atoms with Crippen LogP contribution in [-0.4, -0.2) is 38.1 Å². The zero-order valence-corrected chi connectivity index (χ0v) is 16.1. The van der Waals surface area contributed by atoms with Gasteiger partial charge in [0.2, 0.25) is 5.91 Å². The average molecular weight is 408 g/mol. The van der Waals surface area contributed by atoms with Gasteiger partial charge in [0.25, 0.3) is 0 Å². The second-order valence-electron chi connectivity index (χ2n) is 6.35. The third kappa shape index (κ3) is 4.57. The molecule has 1 fully saturated rings. The monoisotopic (exact) mass is 407 g/mol. The standard InChI is InChI=1S/C20H19ClFNO3S/c21-17-7-3-2-6-16(17)19-11-12-23(13-14-27(19,25)26)20(24)10-9-15-5-1-4-8-18(15)22/h1-10,19H,11-14H2. The van der Waals surface area contributed by atoms with E-state index in [1.807, 2.05) is 0 Å². The van der Waals surface area contributed by atoms with Crippen molar-refractivity contribution >= 4 is 33.4 Å². The number of rotatable bonds is 3. The van der Waals surface area contributed by atoms with Crippen LogP contribution in [0.3, 0.4) is 0 Å². The molecule has 7 heteroatoms. The molecule has 2 aromatic carbocycles. The van der Waals surface area contributed by atoms with Crippen molar-refractivity contribution in [3.05, 3.63) is 76.6 Å². The number of halogens is 2. The summed E-state index contributed by atoms with van der Waals surface area (Å²) in [6.45, 7) is 0.388. The van der Waals surface area contributed by atoms with E-state index in [0.717, 1.165) is 0 Å². The Labute approximate surface area is 163 Å². The molecule has 0 aromatic heterocycles. The molecule has 27 heavy (non-hydrogen) atoms. The highest BCUT2D eigenvalue weighted by atomic mass is 35.5. The maximum absolute atomic E-state index is 13.7. The van der Waals surface area contributed by atoms with E-state index in [-0.39, 0.29) is 31.2 Å². The molecule has 0 spiro atoms. The van der Waals surface area contributed by atoms with Gasteiger partial charge in [-0.1, -0.05) is 48.0 Å². The number of amides is 1. The van der Waals surface area contributed by atoms with Crippen LogP contribution >= 0.6 is 11.6 Å². The minimum absolute atomic E-state index is 0.101. The Hall–Kier alpha value is -2.18. The van der Waals surface area contributed by atoms with Crippen molar-refractivity contribution in [2.75, 3.05) is 18.8 Å². The summed E-state index contributed by atoms with van der Waals surface area (Å²) in [7, 11) is -3.44. The molecule has 1 aliphatic heterocycles. The van der Waals surface area contributed by atoms with Crippen LogP contribution in [-0.2, 0) is 14.6 Å². The van der Waals surface area contributed by atoms with Gasteiger partial charge in [-0.2, -0.15) is 0 Å². The fraction of sp³-hybridized carbons (Fsp3) is 0.250. The molecule has 0 N–H and O–H groups in total. The molecule has 3 rings (SSSR count). The Morgan fingerprint density at radius 1 is 1.11 bits per heavy atom. The van der Waals surface area contributed by atoms with Crippen LogP contribution in [0.5, 0.6) is 0 Å². The third-order valence-electron chi connectivity index (χ3n) is 4.61. The molecule has 0 radical (unpaired) electrons. The Kier molecular flexibility index (Phi) is 5.97. The van der Waals surface area contributed by atoms with Crippen LogP contribution in [0.15, 0.2) is 54.6 Å². The number of sulfone groups is 1. The molecular formula is C20H19ClFNO3S. The topological polar surface area (TPSA) is 54.5 Å². The quantitative estimate of drug-likeness (QED) is 0.725. The molecular weight excluding hydrogens is 389 g/mol. The lowest BCUT2D eigenvalue weighted by atomic mass is 10.1. The third-order valence-corrected chi connectivity index (χ3v) is 7.07. The smallest absolute Gasteiger partial charge is 0.246 e. The molecule has 0 bridgehead atoms. The van der Waals surface area contributed by atoms with Gasteiger partial charge < -0.3 is 4.90 Å². The van der Waals surface area contributed by atoms with Crippen LogP contribution in [0.1, 0.15) is 22.8 Å². The van der Waals surface area contributed by atoms with Crippen LogP contribution in [0.4, 0.5) is 4.39 Å². The highest BCUT2D eigenvalue weighted by Gasteiger charge is 2.33. The van der Waals surface area contributed by atoms with Gasteiger partial charge in [0.15, 0.2) is 9.84 Å². The number of nitrogens with zero attached hydrogens (tertiary/aromatic N) is 1. The first-order valence-corrected chi connectivity index (χ1v) is 10.7. The Balaban J connectivity index is 1.76. The summed E-state index contributed by atoms with van der Waals surface area (Å²) >= 11 is 6.18. The van der Waals surface area contributed by atoms with Crippen molar-refractivity contribution in [2.24, 2.45) is 0 Å². The number of carbonyl (C=O) groups is 1. The first kappa shape index (κ1) is 19.6. The molecule has 1 atom stereocenters. The van der Waals surface area contributed by atoms with Crippen LogP contribution in [0.2, 0.25) is 5.02 Å². The lowest BCUT2D eigenvalue weighted by Gasteiger charge is -2.18. The van der Waals surface area contributed by atoms with Gasteiger partial charge in [-0.25, -0.2) is 12.8 Å². The first-order chi connectivity index (χ1) is 12.9. The van der Waals surface area contributed by atoms with Crippen molar-refractivity contribution in [3.8, 4) is 0 Å². The normalized spacial score (nSPS) is 19.8. The van der Waals surface area contributed by atoms with Crippen molar-refractivity contribution in [1.82, 2.24) is 4.90 Å². The van der Waals surface area contributed by atoms with E-state index in [0.29, 0.717) is 16.1 Å². The Morgan fingerprint density at radius 3 is 2.56 bits per heavy atom. The molecule has 142 valence electrons. The Bertz CT molecular complexity index is 975. The van der Waals surface area contributed by atoms with Crippen LogP contribution in [0.25, 0.3) is 6.08 Å². The van der Waals surface area contributed by atoms with Gasteiger partial charge in [0, 0.05) is 29.8 Å². The van der Waals surface area contributed by atoms with Crippen molar-refractivity contribution in [3.63, 3.8) is 0 Å². The summed E-state index contributed by atoms with van der Waals surface area (Å²) in [5.41, 5.74) is 0.873. The predicted octanol–water partition coefficient (Wildman–Crippen LogP) is 3.88. The van der Waals surface area contributed by atoms with E-state index in [4.69, 9.17) is 11.6 Å². The summed E-state index contributed by atoms with van der Waals surface area (Å²) < 4.78 is 39.0. The molecule has 1 amide bonds. The second-order valence-corrected chi connectivity index (χ2v) is 9.06. The maximum Gasteiger partial charge on any atom is 0.246 e. The second kappa shape index (κ2) is 8.23. The van der Waals surface area contributed by atoms with Gasteiger partial charge >= 0.3 is 0 Å². The minimum Gasteiger partial charge on any atom is -0.338 e. The van der Waals surface area contributed by atoms with Gasteiger partial charge in [-0.05, 0) is 30.2 Å². The number of benzene rings is 2. The molecule has 0 aliphatic carbocycles. The summed E-state index contributed by atoms with van der Waals surface area (Å²) in [4.78, 5) is 13.9. The highest BCUT2D eigenvalue weighted by molar-refractivity contribution is 7.91. The molecule has 1 heterocycles. The average Bonchev–Trinajstić information content (AvgIpc) is 2.79. The molecule has 1 saturated heterocycles. The highest BCUT2D eigenvalue weighted by Crippen LogP contribution is 2.33. The molecule has 4 nitrogen and oxygen atoms in total.